The summed E-state index contributed by atoms with van der Waals surface area (Å²) in [5.74, 6) is -0.182. The van der Waals surface area contributed by atoms with Crippen molar-refractivity contribution in [3.8, 4) is 11.3 Å². The molecule has 1 aliphatic heterocycles. The van der Waals surface area contributed by atoms with Crippen LogP contribution in [-0.2, 0) is 7.05 Å². The molecule has 2 heterocycles. The molecule has 1 unspecified atom stereocenters. The quantitative estimate of drug-likeness (QED) is 0.904. The van der Waals surface area contributed by atoms with E-state index in [2.05, 4.69) is 26.3 Å². The second kappa shape index (κ2) is 5.30. The molecule has 3 rings (SSSR count). The average Bonchev–Trinajstić information content (AvgIpc) is 3.01. The minimum Gasteiger partial charge on any atom is -0.309 e. The Morgan fingerprint density at radius 3 is 2.90 bits per heavy atom. The normalized spacial score (nSPS) is 18.7. The molecule has 1 N–H and O–H groups in total. The zero-order valence-corrected chi connectivity index (χ0v) is 13.2. The van der Waals surface area contributed by atoms with Crippen LogP contribution in [0.25, 0.3) is 11.3 Å². The van der Waals surface area contributed by atoms with Crippen molar-refractivity contribution in [2.75, 3.05) is 6.54 Å². The van der Waals surface area contributed by atoms with Gasteiger partial charge in [-0.15, -0.1) is 0 Å². The molecule has 5 heteroatoms. The Morgan fingerprint density at radius 1 is 1.45 bits per heavy atom. The molecular formula is C15H17BrFN3. The number of rotatable bonds is 2. The van der Waals surface area contributed by atoms with Gasteiger partial charge in [0.25, 0.3) is 0 Å². The first-order valence-electron chi connectivity index (χ1n) is 6.80. The topological polar surface area (TPSA) is 29.9 Å². The summed E-state index contributed by atoms with van der Waals surface area (Å²) in [5, 5.41) is 8.09. The van der Waals surface area contributed by atoms with Crippen molar-refractivity contribution < 1.29 is 4.39 Å². The van der Waals surface area contributed by atoms with Crippen molar-refractivity contribution in [1.29, 1.82) is 0 Å². The highest BCUT2D eigenvalue weighted by Crippen LogP contribution is 2.36. The summed E-state index contributed by atoms with van der Waals surface area (Å²) in [7, 11) is 1.96. The molecule has 0 amide bonds. The molecule has 1 aliphatic rings. The van der Waals surface area contributed by atoms with Crippen LogP contribution in [-0.4, -0.2) is 16.3 Å². The van der Waals surface area contributed by atoms with Gasteiger partial charge >= 0.3 is 0 Å². The summed E-state index contributed by atoms with van der Waals surface area (Å²) in [6, 6.07) is 5.46. The molecular weight excluding hydrogens is 321 g/mol. The Bertz CT molecular complexity index is 645. The Morgan fingerprint density at radius 2 is 2.25 bits per heavy atom. The Hall–Kier alpha value is -1.20. The standard InChI is InChI=1S/C15H17BrFN3/c1-9-8-10(5-6-11(9)17)14-13(16)15(20(2)19-14)12-4-3-7-18-12/h5-6,8,12,18H,3-4,7H2,1-2H3. The predicted octanol–water partition coefficient (Wildman–Crippen LogP) is 3.72. The maximum atomic E-state index is 13.4. The Labute approximate surface area is 126 Å². The summed E-state index contributed by atoms with van der Waals surface area (Å²) < 4.78 is 16.3. The smallest absolute Gasteiger partial charge is 0.126 e. The molecule has 0 saturated carbocycles. The summed E-state index contributed by atoms with van der Waals surface area (Å²) in [5.41, 5.74) is 3.62. The van der Waals surface area contributed by atoms with E-state index in [0.717, 1.165) is 28.7 Å². The number of halogens is 2. The summed E-state index contributed by atoms with van der Waals surface area (Å²) in [6.45, 7) is 2.82. The van der Waals surface area contributed by atoms with Crippen LogP contribution < -0.4 is 5.32 Å². The van der Waals surface area contributed by atoms with Crippen LogP contribution in [0.2, 0.25) is 0 Å². The van der Waals surface area contributed by atoms with Gasteiger partial charge in [0.2, 0.25) is 0 Å². The van der Waals surface area contributed by atoms with Gasteiger partial charge in [0.1, 0.15) is 11.5 Å². The summed E-state index contributed by atoms with van der Waals surface area (Å²) >= 11 is 3.67. The first-order chi connectivity index (χ1) is 9.58. The highest BCUT2D eigenvalue weighted by molar-refractivity contribution is 9.10. The van der Waals surface area contributed by atoms with Gasteiger partial charge in [-0.25, -0.2) is 4.39 Å². The lowest BCUT2D eigenvalue weighted by atomic mass is 10.1. The predicted molar refractivity (Wildman–Crippen MR) is 81.0 cm³/mol. The fraction of sp³-hybridized carbons (Fsp3) is 0.400. The number of benzene rings is 1. The Balaban J connectivity index is 2.06. The summed E-state index contributed by atoms with van der Waals surface area (Å²) in [4.78, 5) is 0. The van der Waals surface area contributed by atoms with E-state index in [-0.39, 0.29) is 5.82 Å². The molecule has 0 spiro atoms. The van der Waals surface area contributed by atoms with Gasteiger partial charge in [-0.2, -0.15) is 5.10 Å². The molecule has 0 aliphatic carbocycles. The van der Waals surface area contributed by atoms with Gasteiger partial charge in [-0.05, 0) is 66.0 Å². The number of hydrogen-bond acceptors (Lipinski definition) is 2. The average molecular weight is 338 g/mol. The van der Waals surface area contributed by atoms with Crippen LogP contribution >= 0.6 is 15.9 Å². The second-order valence-electron chi connectivity index (χ2n) is 5.28. The molecule has 1 aromatic heterocycles. The second-order valence-corrected chi connectivity index (χ2v) is 6.08. The van der Waals surface area contributed by atoms with Crippen molar-refractivity contribution in [2.24, 2.45) is 7.05 Å². The number of aromatic nitrogens is 2. The summed E-state index contributed by atoms with van der Waals surface area (Å²) in [6.07, 6.45) is 2.31. The van der Waals surface area contributed by atoms with Crippen LogP contribution in [0.15, 0.2) is 22.7 Å². The van der Waals surface area contributed by atoms with E-state index < -0.39 is 0 Å². The first kappa shape index (κ1) is 13.8. The molecule has 3 nitrogen and oxygen atoms in total. The van der Waals surface area contributed by atoms with Crippen molar-refractivity contribution in [3.63, 3.8) is 0 Å². The fourth-order valence-electron chi connectivity index (χ4n) is 2.78. The van der Waals surface area contributed by atoms with E-state index in [1.165, 1.54) is 18.2 Å². The van der Waals surface area contributed by atoms with E-state index in [1.807, 2.05) is 17.8 Å². The lowest BCUT2D eigenvalue weighted by Gasteiger charge is -2.11. The Kier molecular flexibility index (Phi) is 3.65. The van der Waals surface area contributed by atoms with Gasteiger partial charge < -0.3 is 5.32 Å². The number of nitrogens with one attached hydrogen (secondary N) is 1. The molecule has 20 heavy (non-hydrogen) atoms. The zero-order chi connectivity index (χ0) is 14.3. The van der Waals surface area contributed by atoms with E-state index in [4.69, 9.17) is 0 Å². The van der Waals surface area contributed by atoms with Gasteiger partial charge in [0.05, 0.1) is 16.2 Å². The largest absolute Gasteiger partial charge is 0.309 e. The monoisotopic (exact) mass is 337 g/mol. The first-order valence-corrected chi connectivity index (χ1v) is 7.59. The molecule has 2 aromatic rings. The minimum atomic E-state index is -0.182. The van der Waals surface area contributed by atoms with E-state index >= 15 is 0 Å². The highest BCUT2D eigenvalue weighted by Gasteiger charge is 2.25. The van der Waals surface area contributed by atoms with Gasteiger partial charge in [-0.1, -0.05) is 0 Å². The van der Waals surface area contributed by atoms with Gasteiger partial charge in [-0.3, -0.25) is 4.68 Å². The van der Waals surface area contributed by atoms with Gasteiger partial charge in [0.15, 0.2) is 0 Å². The molecule has 0 radical (unpaired) electrons. The van der Waals surface area contributed by atoms with Crippen LogP contribution in [0, 0.1) is 12.7 Å². The third kappa shape index (κ3) is 2.29. The fourth-order valence-corrected chi connectivity index (χ4v) is 3.63. The molecule has 1 saturated heterocycles. The van der Waals surface area contributed by atoms with Crippen LogP contribution in [0.1, 0.15) is 30.1 Å². The zero-order valence-electron chi connectivity index (χ0n) is 11.6. The van der Waals surface area contributed by atoms with Crippen molar-refractivity contribution in [3.05, 3.63) is 39.7 Å². The molecule has 1 fully saturated rings. The maximum absolute atomic E-state index is 13.4. The number of nitrogens with zero attached hydrogens (tertiary/aromatic N) is 2. The van der Waals surface area contributed by atoms with Gasteiger partial charge in [0, 0.05) is 12.6 Å². The third-order valence-corrected chi connectivity index (χ3v) is 4.63. The SMILES string of the molecule is Cc1cc(-c2nn(C)c(C3CCCN3)c2Br)ccc1F. The molecule has 1 aromatic carbocycles. The number of aryl methyl sites for hydroxylation is 2. The lowest BCUT2D eigenvalue weighted by Crippen LogP contribution is -2.16. The van der Waals surface area contributed by atoms with Crippen molar-refractivity contribution in [1.82, 2.24) is 15.1 Å². The van der Waals surface area contributed by atoms with E-state index in [9.17, 15) is 4.39 Å². The maximum Gasteiger partial charge on any atom is 0.126 e. The molecule has 0 bridgehead atoms. The van der Waals surface area contributed by atoms with Crippen LogP contribution in [0.4, 0.5) is 4.39 Å². The van der Waals surface area contributed by atoms with E-state index in [1.54, 1.807) is 13.0 Å². The number of hydrogen-bond donors (Lipinski definition) is 1. The van der Waals surface area contributed by atoms with Crippen molar-refractivity contribution >= 4 is 15.9 Å². The van der Waals surface area contributed by atoms with Crippen molar-refractivity contribution in [2.45, 2.75) is 25.8 Å². The van der Waals surface area contributed by atoms with Crippen LogP contribution in [0.5, 0.6) is 0 Å². The lowest BCUT2D eigenvalue weighted by molar-refractivity contribution is 0.572. The minimum absolute atomic E-state index is 0.182. The highest BCUT2D eigenvalue weighted by atomic mass is 79.9. The van der Waals surface area contributed by atoms with Crippen LogP contribution in [0.3, 0.4) is 0 Å². The molecule has 106 valence electrons. The molecule has 1 atom stereocenters. The third-order valence-electron chi connectivity index (χ3n) is 3.85. The van der Waals surface area contributed by atoms with E-state index in [0.29, 0.717) is 11.6 Å².